The van der Waals surface area contributed by atoms with Crippen LogP contribution < -0.4 is 5.32 Å². The molecule has 1 aliphatic rings. The molecule has 3 aromatic rings. The molecule has 0 saturated carbocycles. The molecule has 2 aromatic carbocycles. The van der Waals surface area contributed by atoms with E-state index in [1.165, 1.54) is 11.1 Å². The topological polar surface area (TPSA) is 56.2 Å². The Hall–Kier alpha value is -2.92. The van der Waals surface area contributed by atoms with Gasteiger partial charge in [0.2, 0.25) is 5.91 Å². The molecule has 28 heavy (non-hydrogen) atoms. The summed E-state index contributed by atoms with van der Waals surface area (Å²) in [6, 6.07) is 20.1. The van der Waals surface area contributed by atoms with Gasteiger partial charge in [0.05, 0.1) is 12.0 Å². The van der Waals surface area contributed by atoms with Gasteiger partial charge in [-0.25, -0.2) is 0 Å². The van der Waals surface area contributed by atoms with Crippen LogP contribution in [0.3, 0.4) is 0 Å². The Bertz CT molecular complexity index is 943. The maximum atomic E-state index is 13.3. The molecule has 1 N–H and O–H groups in total. The van der Waals surface area contributed by atoms with Crippen molar-refractivity contribution in [3.8, 4) is 0 Å². The highest BCUT2D eigenvalue weighted by molar-refractivity contribution is 5.98. The highest BCUT2D eigenvalue weighted by Crippen LogP contribution is 2.36. The molecule has 0 aliphatic carbocycles. The van der Waals surface area contributed by atoms with Gasteiger partial charge < -0.3 is 10.1 Å². The summed E-state index contributed by atoms with van der Waals surface area (Å²) in [6.07, 6.45) is 3.25. The van der Waals surface area contributed by atoms with Crippen LogP contribution in [0.2, 0.25) is 0 Å². The van der Waals surface area contributed by atoms with E-state index < -0.39 is 5.41 Å². The lowest BCUT2D eigenvalue weighted by Crippen LogP contribution is -2.44. The van der Waals surface area contributed by atoms with Crippen molar-refractivity contribution in [2.45, 2.75) is 31.7 Å². The summed E-state index contributed by atoms with van der Waals surface area (Å²) in [5.41, 5.74) is 2.91. The number of amides is 1. The number of aromatic nitrogens is 2. The molecule has 0 unspecified atom stereocenters. The number of benzene rings is 2. The first kappa shape index (κ1) is 18.4. The van der Waals surface area contributed by atoms with E-state index in [4.69, 9.17) is 4.74 Å². The zero-order valence-corrected chi connectivity index (χ0v) is 16.1. The minimum absolute atomic E-state index is 0.0110. The Morgan fingerprint density at radius 2 is 1.79 bits per heavy atom. The normalized spacial score (nSPS) is 15.9. The molecule has 1 amide bonds. The molecule has 1 saturated heterocycles. The first-order valence-corrected chi connectivity index (χ1v) is 9.70. The van der Waals surface area contributed by atoms with E-state index in [0.29, 0.717) is 38.4 Å². The van der Waals surface area contributed by atoms with Crippen LogP contribution in [0.1, 0.15) is 29.5 Å². The van der Waals surface area contributed by atoms with Crippen molar-refractivity contribution in [3.05, 3.63) is 83.6 Å². The average molecular weight is 375 g/mol. The van der Waals surface area contributed by atoms with E-state index in [9.17, 15) is 4.79 Å². The molecular weight excluding hydrogens is 350 g/mol. The first-order valence-electron chi connectivity index (χ1n) is 9.70. The number of hydrogen-bond acceptors (Lipinski definition) is 3. The fourth-order valence-electron chi connectivity index (χ4n) is 3.84. The number of rotatable bonds is 5. The Labute approximate surface area is 165 Å². The second-order valence-electron chi connectivity index (χ2n) is 7.34. The fourth-order valence-corrected chi connectivity index (χ4v) is 3.84. The predicted octanol–water partition coefficient (Wildman–Crippen LogP) is 3.93. The molecule has 0 bridgehead atoms. The molecule has 0 radical (unpaired) electrons. The largest absolute Gasteiger partial charge is 0.381 e. The van der Waals surface area contributed by atoms with Crippen molar-refractivity contribution < 1.29 is 9.53 Å². The van der Waals surface area contributed by atoms with Crippen molar-refractivity contribution >= 4 is 11.7 Å². The smallest absolute Gasteiger partial charge is 0.236 e. The molecule has 4 rings (SSSR count). The van der Waals surface area contributed by atoms with Gasteiger partial charge in [0.1, 0.15) is 0 Å². The maximum absolute atomic E-state index is 13.3. The van der Waals surface area contributed by atoms with Crippen LogP contribution in [0.25, 0.3) is 0 Å². The van der Waals surface area contributed by atoms with Crippen LogP contribution in [0, 0.1) is 6.92 Å². The molecule has 0 spiro atoms. The number of nitrogens with one attached hydrogen (secondary N) is 1. The minimum atomic E-state index is -0.570. The Kier molecular flexibility index (Phi) is 5.26. The number of carbonyl (C=O) groups excluding carboxylic acids is 1. The molecule has 5 heteroatoms. The van der Waals surface area contributed by atoms with Gasteiger partial charge in [-0.3, -0.25) is 9.48 Å². The third-order valence-corrected chi connectivity index (χ3v) is 5.58. The van der Waals surface area contributed by atoms with Crippen LogP contribution in [-0.4, -0.2) is 28.9 Å². The van der Waals surface area contributed by atoms with Gasteiger partial charge in [-0.1, -0.05) is 54.6 Å². The van der Waals surface area contributed by atoms with Gasteiger partial charge in [0, 0.05) is 25.5 Å². The molecule has 1 fully saturated rings. The predicted molar refractivity (Wildman–Crippen MR) is 109 cm³/mol. The van der Waals surface area contributed by atoms with E-state index >= 15 is 0 Å². The van der Waals surface area contributed by atoms with E-state index in [2.05, 4.69) is 29.5 Å². The third kappa shape index (κ3) is 3.71. The lowest BCUT2D eigenvalue weighted by Gasteiger charge is -2.36. The summed E-state index contributed by atoms with van der Waals surface area (Å²) in [4.78, 5) is 13.3. The number of carbonyl (C=O) groups is 1. The molecule has 0 atom stereocenters. The fraction of sp³-hybridized carbons (Fsp3) is 0.304. The van der Waals surface area contributed by atoms with Crippen LogP contribution in [0.4, 0.5) is 5.82 Å². The summed E-state index contributed by atoms with van der Waals surface area (Å²) in [5.74, 6) is 0.573. The van der Waals surface area contributed by atoms with Crippen LogP contribution in [-0.2, 0) is 21.5 Å². The summed E-state index contributed by atoms with van der Waals surface area (Å²) in [6.45, 7) is 3.95. The highest BCUT2D eigenvalue weighted by atomic mass is 16.5. The lowest BCUT2D eigenvalue weighted by molar-refractivity contribution is -0.125. The standard InChI is InChI=1S/C23H25N3O2/c1-18-7-5-6-8-19(18)17-26-14-11-21(25-26)24-22(27)23(12-15-28-16-13-23)20-9-3-2-4-10-20/h2-11,14H,12-13,15-17H2,1H3,(H,24,25,27). The van der Waals surface area contributed by atoms with Crippen molar-refractivity contribution in [1.82, 2.24) is 9.78 Å². The van der Waals surface area contributed by atoms with Gasteiger partial charge in [0.15, 0.2) is 5.82 Å². The minimum Gasteiger partial charge on any atom is -0.381 e. The quantitative estimate of drug-likeness (QED) is 0.735. The van der Waals surface area contributed by atoms with Gasteiger partial charge in [-0.2, -0.15) is 5.10 Å². The highest BCUT2D eigenvalue weighted by Gasteiger charge is 2.41. The summed E-state index contributed by atoms with van der Waals surface area (Å²) in [7, 11) is 0. The zero-order chi connectivity index (χ0) is 19.4. The van der Waals surface area contributed by atoms with Gasteiger partial charge in [0.25, 0.3) is 0 Å². The van der Waals surface area contributed by atoms with Crippen molar-refractivity contribution in [2.24, 2.45) is 0 Å². The summed E-state index contributed by atoms with van der Waals surface area (Å²) >= 11 is 0. The van der Waals surface area contributed by atoms with Gasteiger partial charge in [-0.15, -0.1) is 0 Å². The monoisotopic (exact) mass is 375 g/mol. The average Bonchev–Trinajstić information content (AvgIpc) is 3.17. The van der Waals surface area contributed by atoms with E-state index in [1.54, 1.807) is 0 Å². The number of ether oxygens (including phenoxy) is 1. The molecular formula is C23H25N3O2. The summed E-state index contributed by atoms with van der Waals surface area (Å²) in [5, 5.41) is 7.61. The van der Waals surface area contributed by atoms with Gasteiger partial charge in [-0.05, 0) is 36.5 Å². The third-order valence-electron chi connectivity index (χ3n) is 5.58. The SMILES string of the molecule is Cc1ccccc1Cn1ccc(NC(=O)C2(c3ccccc3)CCOCC2)n1. The molecule has 5 nitrogen and oxygen atoms in total. The van der Waals surface area contributed by atoms with Crippen LogP contribution >= 0.6 is 0 Å². The Balaban J connectivity index is 1.52. The molecule has 2 heterocycles. The zero-order valence-electron chi connectivity index (χ0n) is 16.1. The van der Waals surface area contributed by atoms with Crippen LogP contribution in [0.5, 0.6) is 0 Å². The van der Waals surface area contributed by atoms with Gasteiger partial charge >= 0.3 is 0 Å². The van der Waals surface area contributed by atoms with Crippen molar-refractivity contribution in [1.29, 1.82) is 0 Å². The van der Waals surface area contributed by atoms with Crippen molar-refractivity contribution in [2.75, 3.05) is 18.5 Å². The van der Waals surface area contributed by atoms with E-state index in [0.717, 1.165) is 5.56 Å². The lowest BCUT2D eigenvalue weighted by atomic mass is 9.73. The van der Waals surface area contributed by atoms with Crippen LogP contribution in [0.15, 0.2) is 66.9 Å². The van der Waals surface area contributed by atoms with E-state index in [-0.39, 0.29) is 5.91 Å². The molecule has 1 aromatic heterocycles. The molecule has 1 aliphatic heterocycles. The first-order chi connectivity index (χ1) is 13.7. The number of anilines is 1. The van der Waals surface area contributed by atoms with Crippen molar-refractivity contribution in [3.63, 3.8) is 0 Å². The second kappa shape index (κ2) is 7.98. The summed E-state index contributed by atoms with van der Waals surface area (Å²) < 4.78 is 7.39. The number of hydrogen-bond donors (Lipinski definition) is 1. The van der Waals surface area contributed by atoms with E-state index in [1.807, 2.05) is 59.4 Å². The Morgan fingerprint density at radius 1 is 1.07 bits per heavy atom. The second-order valence-corrected chi connectivity index (χ2v) is 7.34. The molecule has 144 valence electrons. The maximum Gasteiger partial charge on any atom is 0.236 e. The Morgan fingerprint density at radius 3 is 2.54 bits per heavy atom. The number of nitrogens with zero attached hydrogens (tertiary/aromatic N) is 2. The number of aryl methyl sites for hydroxylation is 1.